The first-order chi connectivity index (χ1) is 20.4. The first kappa shape index (κ1) is 28.7. The fourth-order valence-corrected chi connectivity index (χ4v) is 6.00. The average molecular weight is 593 g/mol. The molecule has 0 radical (unpaired) electrons. The topological polar surface area (TPSA) is 109 Å². The van der Waals surface area contributed by atoms with Crippen molar-refractivity contribution in [3.63, 3.8) is 0 Å². The lowest BCUT2D eigenvalue weighted by Crippen LogP contribution is -2.50. The van der Waals surface area contributed by atoms with Crippen LogP contribution in [0.2, 0.25) is 5.02 Å². The molecular weight excluding hydrogens is 556 g/mol. The molecule has 42 heavy (non-hydrogen) atoms. The number of ether oxygens (including phenoxy) is 3. The number of rotatable bonds is 9. The number of H-pyrrole nitrogens is 1. The van der Waals surface area contributed by atoms with Gasteiger partial charge in [-0.25, -0.2) is 4.98 Å². The standard InChI is InChI=1S/C31H37ClN6O4/c1-20(40-2)37-9-7-36(8-10-37)11-16-42-28-6-3-21(17-25(28)32)26-19-24(31(33)39)30-29(34-26)23-5-4-22(18-27(23)35-30)38-12-14-41-15-13-38/h3-6,17-20,35H,7-16H2,1-2H3,(H2,33,39). The van der Waals surface area contributed by atoms with Crippen LogP contribution in [-0.2, 0) is 9.47 Å². The van der Waals surface area contributed by atoms with Gasteiger partial charge in [0.2, 0.25) is 0 Å². The molecule has 0 aliphatic carbocycles. The van der Waals surface area contributed by atoms with E-state index in [9.17, 15) is 4.79 Å². The van der Waals surface area contributed by atoms with Crippen LogP contribution in [0.1, 0.15) is 17.3 Å². The molecule has 2 fully saturated rings. The molecule has 2 saturated heterocycles. The smallest absolute Gasteiger partial charge is 0.250 e. The largest absolute Gasteiger partial charge is 0.491 e. The molecule has 0 spiro atoms. The Hall–Kier alpha value is -3.41. The van der Waals surface area contributed by atoms with Crippen molar-refractivity contribution in [2.45, 2.75) is 13.2 Å². The van der Waals surface area contributed by atoms with Crippen molar-refractivity contribution in [3.8, 4) is 17.0 Å². The van der Waals surface area contributed by atoms with Crippen molar-refractivity contribution < 1.29 is 19.0 Å². The van der Waals surface area contributed by atoms with Crippen molar-refractivity contribution in [2.75, 3.05) is 77.6 Å². The van der Waals surface area contributed by atoms with Gasteiger partial charge >= 0.3 is 0 Å². The summed E-state index contributed by atoms with van der Waals surface area (Å²) in [6.07, 6.45) is 0.138. The Balaban J connectivity index is 1.19. The van der Waals surface area contributed by atoms with Crippen LogP contribution in [0.25, 0.3) is 33.2 Å². The van der Waals surface area contributed by atoms with Gasteiger partial charge in [-0.1, -0.05) is 11.6 Å². The number of carbonyl (C=O) groups excluding carboxylic acids is 1. The Morgan fingerprint density at radius 2 is 1.88 bits per heavy atom. The predicted molar refractivity (Wildman–Crippen MR) is 166 cm³/mol. The molecule has 6 rings (SSSR count). The quantitative estimate of drug-likeness (QED) is 0.301. The number of piperazine rings is 1. The van der Waals surface area contributed by atoms with Crippen LogP contribution in [0, 0.1) is 0 Å². The van der Waals surface area contributed by atoms with Crippen LogP contribution in [0.4, 0.5) is 5.69 Å². The second-order valence-corrected chi connectivity index (χ2v) is 11.2. The molecule has 10 nitrogen and oxygen atoms in total. The molecule has 0 saturated carbocycles. The highest BCUT2D eigenvalue weighted by molar-refractivity contribution is 6.32. The van der Waals surface area contributed by atoms with Crippen molar-refractivity contribution in [2.24, 2.45) is 5.73 Å². The summed E-state index contributed by atoms with van der Waals surface area (Å²) in [6.45, 7) is 10.4. The summed E-state index contributed by atoms with van der Waals surface area (Å²) in [5.74, 6) is 0.0955. The van der Waals surface area contributed by atoms with E-state index >= 15 is 0 Å². The number of primary amides is 1. The third-order valence-electron chi connectivity index (χ3n) is 8.33. The van der Waals surface area contributed by atoms with E-state index in [0.717, 1.165) is 68.0 Å². The number of benzene rings is 2. The zero-order chi connectivity index (χ0) is 29.2. The van der Waals surface area contributed by atoms with Gasteiger partial charge in [0.15, 0.2) is 0 Å². The molecule has 222 valence electrons. The fraction of sp³-hybridized carbons (Fsp3) is 0.419. The predicted octanol–water partition coefficient (Wildman–Crippen LogP) is 3.96. The summed E-state index contributed by atoms with van der Waals surface area (Å²) in [5.41, 5.74) is 10.9. The summed E-state index contributed by atoms with van der Waals surface area (Å²) in [6, 6.07) is 13.5. The van der Waals surface area contributed by atoms with E-state index in [0.29, 0.717) is 52.9 Å². The van der Waals surface area contributed by atoms with Crippen LogP contribution >= 0.6 is 11.6 Å². The minimum absolute atomic E-state index is 0.138. The Bertz CT molecular complexity index is 1580. The van der Waals surface area contributed by atoms with E-state index in [4.69, 9.17) is 36.5 Å². The van der Waals surface area contributed by atoms with E-state index in [1.165, 1.54) is 0 Å². The van der Waals surface area contributed by atoms with Crippen LogP contribution in [0.5, 0.6) is 5.75 Å². The van der Waals surface area contributed by atoms with Gasteiger partial charge in [0, 0.05) is 69.6 Å². The number of carbonyl (C=O) groups is 1. The lowest BCUT2D eigenvalue weighted by molar-refractivity contribution is -0.0424. The number of fused-ring (bicyclic) bond motifs is 3. The maximum atomic E-state index is 12.5. The number of nitrogens with two attached hydrogens (primary N) is 1. The van der Waals surface area contributed by atoms with Gasteiger partial charge in [0.25, 0.3) is 5.91 Å². The van der Waals surface area contributed by atoms with Gasteiger partial charge in [0.1, 0.15) is 18.6 Å². The number of anilines is 1. The fourth-order valence-electron chi connectivity index (χ4n) is 5.77. The van der Waals surface area contributed by atoms with Crippen LogP contribution in [-0.4, -0.2) is 105 Å². The molecule has 2 aromatic carbocycles. The molecule has 2 aromatic heterocycles. The lowest BCUT2D eigenvalue weighted by Gasteiger charge is -2.37. The molecule has 1 amide bonds. The molecule has 3 N–H and O–H groups in total. The van der Waals surface area contributed by atoms with Crippen LogP contribution < -0.4 is 15.4 Å². The molecular formula is C31H37ClN6O4. The Kier molecular flexibility index (Phi) is 8.50. The molecule has 4 heterocycles. The Morgan fingerprint density at radius 1 is 1.10 bits per heavy atom. The van der Waals surface area contributed by atoms with E-state index in [1.807, 2.05) is 24.3 Å². The third-order valence-corrected chi connectivity index (χ3v) is 8.63. The van der Waals surface area contributed by atoms with E-state index in [2.05, 4.69) is 38.7 Å². The first-order valence-electron chi connectivity index (χ1n) is 14.4. The van der Waals surface area contributed by atoms with E-state index in [1.54, 1.807) is 13.2 Å². The summed E-state index contributed by atoms with van der Waals surface area (Å²) >= 11 is 6.66. The number of methoxy groups -OCH3 is 1. The number of halogens is 1. The summed E-state index contributed by atoms with van der Waals surface area (Å²) in [7, 11) is 1.75. The van der Waals surface area contributed by atoms with Crippen LogP contribution in [0.3, 0.4) is 0 Å². The normalized spacial score (nSPS) is 17.6. The summed E-state index contributed by atoms with van der Waals surface area (Å²) < 4.78 is 17.0. The molecule has 1 atom stereocenters. The number of aromatic amines is 1. The second kappa shape index (κ2) is 12.4. The van der Waals surface area contributed by atoms with Crippen LogP contribution in [0.15, 0.2) is 42.5 Å². The molecule has 11 heteroatoms. The van der Waals surface area contributed by atoms with Gasteiger partial charge in [0.05, 0.1) is 46.0 Å². The maximum absolute atomic E-state index is 12.5. The minimum Gasteiger partial charge on any atom is -0.491 e. The van der Waals surface area contributed by atoms with Gasteiger partial charge in [-0.15, -0.1) is 0 Å². The zero-order valence-electron chi connectivity index (χ0n) is 24.1. The number of amides is 1. The monoisotopic (exact) mass is 592 g/mol. The lowest BCUT2D eigenvalue weighted by atomic mass is 10.1. The van der Waals surface area contributed by atoms with Crippen molar-refractivity contribution in [1.29, 1.82) is 0 Å². The highest BCUT2D eigenvalue weighted by atomic mass is 35.5. The number of hydrogen-bond donors (Lipinski definition) is 2. The first-order valence-corrected chi connectivity index (χ1v) is 14.8. The highest BCUT2D eigenvalue weighted by Gasteiger charge is 2.21. The van der Waals surface area contributed by atoms with Crippen molar-refractivity contribution >= 4 is 45.1 Å². The molecule has 4 aromatic rings. The third kappa shape index (κ3) is 5.91. The second-order valence-electron chi connectivity index (χ2n) is 10.8. The van der Waals surface area contributed by atoms with E-state index in [-0.39, 0.29) is 6.23 Å². The Labute approximate surface area is 250 Å². The molecule has 2 aliphatic heterocycles. The van der Waals surface area contributed by atoms with Crippen molar-refractivity contribution in [3.05, 3.63) is 53.1 Å². The average Bonchev–Trinajstić information content (AvgIpc) is 3.39. The number of morpholine rings is 1. The SMILES string of the molecule is COC(C)N1CCN(CCOc2ccc(-c3cc(C(N)=O)c4[nH]c5cc(N6CCOCC6)ccc5c4n3)cc2Cl)CC1. The summed E-state index contributed by atoms with van der Waals surface area (Å²) in [4.78, 5) is 27.9. The number of nitrogens with zero attached hydrogens (tertiary/aromatic N) is 4. The number of hydrogen-bond acceptors (Lipinski definition) is 8. The van der Waals surface area contributed by atoms with Gasteiger partial charge < -0.3 is 29.8 Å². The number of aromatic nitrogens is 2. The minimum atomic E-state index is -0.521. The number of pyridine rings is 1. The molecule has 1 unspecified atom stereocenters. The number of nitrogens with one attached hydrogen (secondary N) is 1. The zero-order valence-corrected chi connectivity index (χ0v) is 24.8. The van der Waals surface area contributed by atoms with Crippen molar-refractivity contribution in [1.82, 2.24) is 19.8 Å². The Morgan fingerprint density at radius 3 is 2.60 bits per heavy atom. The van der Waals surface area contributed by atoms with Gasteiger partial charge in [-0.3, -0.25) is 14.6 Å². The molecule has 2 aliphatic rings. The highest BCUT2D eigenvalue weighted by Crippen LogP contribution is 2.34. The molecule has 0 bridgehead atoms. The maximum Gasteiger partial charge on any atom is 0.250 e. The summed E-state index contributed by atoms with van der Waals surface area (Å²) in [5, 5.41) is 1.41. The van der Waals surface area contributed by atoms with Gasteiger partial charge in [-0.05, 0) is 49.4 Å². The van der Waals surface area contributed by atoms with Gasteiger partial charge in [-0.2, -0.15) is 0 Å². The van der Waals surface area contributed by atoms with E-state index < -0.39 is 5.91 Å².